The number of amides is 1. The fourth-order valence-corrected chi connectivity index (χ4v) is 2.62. The van der Waals surface area contributed by atoms with Crippen LogP contribution in [0.5, 0.6) is 0 Å². The van der Waals surface area contributed by atoms with Crippen molar-refractivity contribution in [1.82, 2.24) is 9.80 Å². The number of anilines is 1. The van der Waals surface area contributed by atoms with Crippen LogP contribution in [0.1, 0.15) is 32.3 Å². The minimum absolute atomic E-state index is 0.0808. The molecule has 1 aromatic carbocycles. The summed E-state index contributed by atoms with van der Waals surface area (Å²) in [7, 11) is 0. The molecule has 1 heterocycles. The number of hydrogen-bond acceptors (Lipinski definition) is 3. The molecule has 0 unspecified atom stereocenters. The van der Waals surface area contributed by atoms with Crippen LogP contribution in [0.4, 0.5) is 5.69 Å². The third-order valence-corrected chi connectivity index (χ3v) is 4.14. The van der Waals surface area contributed by atoms with Crippen LogP contribution in [0.25, 0.3) is 0 Å². The highest BCUT2D eigenvalue weighted by Gasteiger charge is 2.17. The molecule has 0 saturated carbocycles. The van der Waals surface area contributed by atoms with Gasteiger partial charge in [-0.05, 0) is 30.2 Å². The van der Waals surface area contributed by atoms with Crippen LogP contribution in [-0.2, 0) is 4.79 Å². The summed E-state index contributed by atoms with van der Waals surface area (Å²) in [5.74, 6) is 0.599. The van der Waals surface area contributed by atoms with Gasteiger partial charge in [-0.25, -0.2) is 0 Å². The third kappa shape index (κ3) is 4.83. The van der Waals surface area contributed by atoms with Crippen LogP contribution in [0, 0.1) is 0 Å². The molecule has 0 bridgehead atoms. The van der Waals surface area contributed by atoms with Crippen LogP contribution in [-0.4, -0.2) is 55.0 Å². The molecule has 1 N–H and O–H groups in total. The lowest BCUT2D eigenvalue weighted by Gasteiger charge is -2.33. The van der Waals surface area contributed by atoms with Crippen molar-refractivity contribution >= 4 is 11.6 Å². The van der Waals surface area contributed by atoms with Crippen molar-refractivity contribution in [2.75, 3.05) is 44.6 Å². The summed E-state index contributed by atoms with van der Waals surface area (Å²) in [4.78, 5) is 16.7. The zero-order chi connectivity index (χ0) is 15.2. The van der Waals surface area contributed by atoms with Crippen LogP contribution >= 0.6 is 0 Å². The van der Waals surface area contributed by atoms with Crippen molar-refractivity contribution in [2.24, 2.45) is 0 Å². The number of piperazine rings is 1. The number of hydrogen-bond donors (Lipinski definition) is 1. The van der Waals surface area contributed by atoms with E-state index in [1.165, 1.54) is 5.56 Å². The Morgan fingerprint density at radius 2 is 1.67 bits per heavy atom. The SMILES string of the molecule is CCN1CCN(CC(=O)Nc2ccc(C(C)C)cc2)CC1. The van der Waals surface area contributed by atoms with Gasteiger partial charge in [-0.2, -0.15) is 0 Å². The van der Waals surface area contributed by atoms with Gasteiger partial charge in [-0.1, -0.05) is 32.9 Å². The molecule has 1 amide bonds. The zero-order valence-corrected chi connectivity index (χ0v) is 13.4. The molecule has 1 aliphatic heterocycles. The van der Waals surface area contributed by atoms with Crippen LogP contribution in [0.3, 0.4) is 0 Å². The predicted octanol–water partition coefficient (Wildman–Crippen LogP) is 2.39. The van der Waals surface area contributed by atoms with Crippen molar-refractivity contribution in [3.8, 4) is 0 Å². The molecule has 1 saturated heterocycles. The molecule has 21 heavy (non-hydrogen) atoms. The molecule has 1 fully saturated rings. The molecule has 0 atom stereocenters. The number of carbonyl (C=O) groups excluding carboxylic acids is 1. The molecule has 0 radical (unpaired) electrons. The molecule has 4 heteroatoms. The van der Waals surface area contributed by atoms with E-state index in [0.29, 0.717) is 12.5 Å². The maximum absolute atomic E-state index is 12.1. The standard InChI is InChI=1S/C17H27N3O/c1-4-19-9-11-20(12-10-19)13-17(21)18-16-7-5-15(6-8-16)14(2)3/h5-8,14H,4,9-13H2,1-3H3,(H,18,21). The maximum atomic E-state index is 12.1. The first-order valence-corrected chi connectivity index (χ1v) is 7.93. The maximum Gasteiger partial charge on any atom is 0.238 e. The van der Waals surface area contributed by atoms with Gasteiger partial charge in [0.2, 0.25) is 5.91 Å². The largest absolute Gasteiger partial charge is 0.325 e. The highest BCUT2D eigenvalue weighted by molar-refractivity contribution is 5.92. The number of nitrogens with one attached hydrogen (secondary N) is 1. The van der Waals surface area contributed by atoms with Gasteiger partial charge < -0.3 is 10.2 Å². The van der Waals surface area contributed by atoms with E-state index in [9.17, 15) is 4.79 Å². The summed E-state index contributed by atoms with van der Waals surface area (Å²) in [5, 5.41) is 2.99. The minimum atomic E-state index is 0.0808. The summed E-state index contributed by atoms with van der Waals surface area (Å²) < 4.78 is 0. The van der Waals surface area contributed by atoms with Gasteiger partial charge in [0.1, 0.15) is 0 Å². The average Bonchev–Trinajstić information content (AvgIpc) is 2.48. The first kappa shape index (κ1) is 16.0. The van der Waals surface area contributed by atoms with Crippen LogP contribution < -0.4 is 5.32 Å². The monoisotopic (exact) mass is 289 g/mol. The second kappa shape index (κ2) is 7.57. The first-order valence-electron chi connectivity index (χ1n) is 7.93. The smallest absolute Gasteiger partial charge is 0.238 e. The van der Waals surface area contributed by atoms with Gasteiger partial charge >= 0.3 is 0 Å². The lowest BCUT2D eigenvalue weighted by molar-refractivity contribution is -0.117. The molecule has 116 valence electrons. The van der Waals surface area contributed by atoms with Crippen molar-refractivity contribution in [1.29, 1.82) is 0 Å². The summed E-state index contributed by atoms with van der Waals surface area (Å²) >= 11 is 0. The molecular formula is C17H27N3O. The van der Waals surface area contributed by atoms with Crippen LogP contribution in [0.2, 0.25) is 0 Å². The number of benzene rings is 1. The Morgan fingerprint density at radius 1 is 1.10 bits per heavy atom. The topological polar surface area (TPSA) is 35.6 Å². The fourth-order valence-electron chi connectivity index (χ4n) is 2.62. The highest BCUT2D eigenvalue weighted by atomic mass is 16.2. The molecule has 0 spiro atoms. The first-order chi connectivity index (χ1) is 10.1. The van der Waals surface area contributed by atoms with Gasteiger partial charge in [0, 0.05) is 31.9 Å². The molecule has 1 aromatic rings. The van der Waals surface area contributed by atoms with E-state index in [4.69, 9.17) is 0 Å². The summed E-state index contributed by atoms with van der Waals surface area (Å²) in [6, 6.07) is 8.14. The van der Waals surface area contributed by atoms with E-state index in [2.05, 4.69) is 48.0 Å². The molecule has 0 aliphatic carbocycles. The molecule has 4 nitrogen and oxygen atoms in total. The quantitative estimate of drug-likeness (QED) is 0.904. The Hall–Kier alpha value is -1.39. The van der Waals surface area contributed by atoms with E-state index in [-0.39, 0.29) is 5.91 Å². The van der Waals surface area contributed by atoms with E-state index < -0.39 is 0 Å². The Labute approximate surface area is 128 Å². The summed E-state index contributed by atoms with van der Waals surface area (Å²) in [6.45, 7) is 12.2. The molecule has 1 aliphatic rings. The number of rotatable bonds is 5. The molecule has 0 aromatic heterocycles. The van der Waals surface area contributed by atoms with E-state index >= 15 is 0 Å². The van der Waals surface area contributed by atoms with Crippen molar-refractivity contribution in [2.45, 2.75) is 26.7 Å². The second-order valence-corrected chi connectivity index (χ2v) is 6.04. The normalized spacial score (nSPS) is 17.1. The van der Waals surface area contributed by atoms with E-state index in [1.54, 1.807) is 0 Å². The highest BCUT2D eigenvalue weighted by Crippen LogP contribution is 2.17. The number of carbonyl (C=O) groups is 1. The van der Waals surface area contributed by atoms with Crippen molar-refractivity contribution < 1.29 is 4.79 Å². The molecular weight excluding hydrogens is 262 g/mol. The predicted molar refractivity (Wildman–Crippen MR) is 87.7 cm³/mol. The summed E-state index contributed by atoms with van der Waals surface area (Å²) in [6.07, 6.45) is 0. The minimum Gasteiger partial charge on any atom is -0.325 e. The van der Waals surface area contributed by atoms with E-state index in [1.807, 2.05) is 12.1 Å². The average molecular weight is 289 g/mol. The number of likely N-dealkylation sites (N-methyl/N-ethyl adjacent to an activating group) is 1. The van der Waals surface area contributed by atoms with E-state index in [0.717, 1.165) is 38.4 Å². The van der Waals surface area contributed by atoms with Gasteiger partial charge in [-0.3, -0.25) is 9.69 Å². The Bertz CT molecular complexity index is 448. The van der Waals surface area contributed by atoms with Crippen LogP contribution in [0.15, 0.2) is 24.3 Å². The van der Waals surface area contributed by atoms with Gasteiger partial charge in [0.25, 0.3) is 0 Å². The lowest BCUT2D eigenvalue weighted by atomic mass is 10.0. The number of nitrogens with zero attached hydrogens (tertiary/aromatic N) is 2. The van der Waals surface area contributed by atoms with Gasteiger partial charge in [0.05, 0.1) is 6.54 Å². The summed E-state index contributed by atoms with van der Waals surface area (Å²) in [5.41, 5.74) is 2.18. The van der Waals surface area contributed by atoms with Crippen molar-refractivity contribution in [3.05, 3.63) is 29.8 Å². The Morgan fingerprint density at radius 3 is 2.19 bits per heavy atom. The van der Waals surface area contributed by atoms with Crippen molar-refractivity contribution in [3.63, 3.8) is 0 Å². The molecule has 2 rings (SSSR count). The van der Waals surface area contributed by atoms with Gasteiger partial charge in [-0.15, -0.1) is 0 Å². The van der Waals surface area contributed by atoms with Gasteiger partial charge in [0.15, 0.2) is 0 Å². The Kier molecular flexibility index (Phi) is 5.76. The Balaban J connectivity index is 1.79. The lowest BCUT2D eigenvalue weighted by Crippen LogP contribution is -2.48. The third-order valence-electron chi connectivity index (χ3n) is 4.14. The fraction of sp³-hybridized carbons (Fsp3) is 0.588. The zero-order valence-electron chi connectivity index (χ0n) is 13.4. The second-order valence-electron chi connectivity index (χ2n) is 6.04.